The highest BCUT2D eigenvalue weighted by atomic mass is 16.4. The molecular weight excluding hydrogens is 352 g/mol. The molecule has 4 rings (SSSR count). The zero-order valence-electron chi connectivity index (χ0n) is 15.9. The van der Waals surface area contributed by atoms with E-state index in [0.717, 1.165) is 23.7 Å². The Bertz CT molecular complexity index is 1010. The standard InChI is InChI=1S/C23H24N2O3/c1-16(23(27)28)13-25(18-11-12-18)22(26)20-15-24(14-17-7-3-2-4-8-17)21-10-6-5-9-19(20)21/h2-10,15-16,18H,11-14H2,1H3,(H,27,28). The summed E-state index contributed by atoms with van der Waals surface area (Å²) in [6, 6.07) is 18.2. The van der Waals surface area contributed by atoms with Gasteiger partial charge in [-0.25, -0.2) is 0 Å². The van der Waals surface area contributed by atoms with Crippen molar-refractivity contribution in [2.24, 2.45) is 5.92 Å². The molecule has 0 spiro atoms. The number of fused-ring (bicyclic) bond motifs is 1. The number of carbonyl (C=O) groups excluding carboxylic acids is 1. The van der Waals surface area contributed by atoms with E-state index in [1.807, 2.05) is 48.7 Å². The van der Waals surface area contributed by atoms with E-state index in [-0.39, 0.29) is 18.5 Å². The maximum Gasteiger partial charge on any atom is 0.308 e. The largest absolute Gasteiger partial charge is 0.481 e. The van der Waals surface area contributed by atoms with Crippen molar-refractivity contribution in [2.75, 3.05) is 6.54 Å². The van der Waals surface area contributed by atoms with E-state index in [1.54, 1.807) is 11.8 Å². The molecule has 1 N–H and O–H groups in total. The third kappa shape index (κ3) is 3.65. The lowest BCUT2D eigenvalue weighted by atomic mass is 10.1. The zero-order valence-corrected chi connectivity index (χ0v) is 15.9. The number of aromatic nitrogens is 1. The number of benzene rings is 2. The van der Waals surface area contributed by atoms with Gasteiger partial charge in [0.15, 0.2) is 0 Å². The molecule has 0 bridgehead atoms. The quantitative estimate of drug-likeness (QED) is 0.678. The summed E-state index contributed by atoms with van der Waals surface area (Å²) in [5.41, 5.74) is 2.83. The number of carboxylic acid groups (broad SMARTS) is 1. The molecular formula is C23H24N2O3. The zero-order chi connectivity index (χ0) is 19.7. The molecule has 0 radical (unpaired) electrons. The van der Waals surface area contributed by atoms with Crippen molar-refractivity contribution in [2.45, 2.75) is 32.4 Å². The lowest BCUT2D eigenvalue weighted by Crippen LogP contribution is -2.38. The summed E-state index contributed by atoms with van der Waals surface area (Å²) < 4.78 is 2.10. The Morgan fingerprint density at radius 3 is 2.46 bits per heavy atom. The van der Waals surface area contributed by atoms with Gasteiger partial charge in [-0.2, -0.15) is 0 Å². The molecule has 0 aliphatic heterocycles. The maximum absolute atomic E-state index is 13.4. The second-order valence-corrected chi connectivity index (χ2v) is 7.60. The van der Waals surface area contributed by atoms with Crippen molar-refractivity contribution in [1.29, 1.82) is 0 Å². The van der Waals surface area contributed by atoms with E-state index in [2.05, 4.69) is 16.7 Å². The number of hydrogen-bond acceptors (Lipinski definition) is 2. The summed E-state index contributed by atoms with van der Waals surface area (Å²) in [7, 11) is 0. The molecule has 3 aromatic rings. The molecule has 0 saturated heterocycles. The van der Waals surface area contributed by atoms with Crippen molar-refractivity contribution in [1.82, 2.24) is 9.47 Å². The minimum absolute atomic E-state index is 0.0707. The number of hydrogen-bond donors (Lipinski definition) is 1. The number of carbonyl (C=O) groups is 2. The molecule has 1 amide bonds. The first-order valence-corrected chi connectivity index (χ1v) is 9.70. The fourth-order valence-electron chi connectivity index (χ4n) is 3.64. The molecule has 1 unspecified atom stereocenters. The van der Waals surface area contributed by atoms with E-state index in [0.29, 0.717) is 12.1 Å². The van der Waals surface area contributed by atoms with Crippen LogP contribution in [0.25, 0.3) is 10.9 Å². The summed E-state index contributed by atoms with van der Waals surface area (Å²) in [4.78, 5) is 26.5. The van der Waals surface area contributed by atoms with Gasteiger partial charge in [0.25, 0.3) is 5.91 Å². The van der Waals surface area contributed by atoms with Crippen LogP contribution in [0.5, 0.6) is 0 Å². The Morgan fingerprint density at radius 2 is 1.79 bits per heavy atom. The molecule has 5 heteroatoms. The normalized spacial score (nSPS) is 14.8. The Morgan fingerprint density at radius 1 is 1.11 bits per heavy atom. The van der Waals surface area contributed by atoms with Crippen LogP contribution in [0.15, 0.2) is 60.8 Å². The Balaban J connectivity index is 1.69. The number of para-hydroxylation sites is 1. The Labute approximate surface area is 164 Å². The fraction of sp³-hybridized carbons (Fsp3) is 0.304. The molecule has 1 aromatic heterocycles. The Kier molecular flexibility index (Phi) is 4.90. The van der Waals surface area contributed by atoms with Gasteiger partial charge in [-0.15, -0.1) is 0 Å². The molecule has 1 atom stereocenters. The summed E-state index contributed by atoms with van der Waals surface area (Å²) >= 11 is 0. The molecule has 144 valence electrons. The van der Waals surface area contributed by atoms with Gasteiger partial charge < -0.3 is 14.6 Å². The van der Waals surface area contributed by atoms with E-state index in [9.17, 15) is 14.7 Å². The van der Waals surface area contributed by atoms with Crippen LogP contribution in [0.4, 0.5) is 0 Å². The highest BCUT2D eigenvalue weighted by molar-refractivity contribution is 6.07. The smallest absolute Gasteiger partial charge is 0.308 e. The van der Waals surface area contributed by atoms with E-state index < -0.39 is 11.9 Å². The molecule has 5 nitrogen and oxygen atoms in total. The lowest BCUT2D eigenvalue weighted by Gasteiger charge is -2.24. The SMILES string of the molecule is CC(CN(C(=O)c1cn(Cc2ccccc2)c2ccccc12)C1CC1)C(=O)O. The fourth-order valence-corrected chi connectivity index (χ4v) is 3.64. The van der Waals surface area contributed by atoms with Crippen LogP contribution in [-0.2, 0) is 11.3 Å². The van der Waals surface area contributed by atoms with Crippen molar-refractivity contribution in [3.05, 3.63) is 71.9 Å². The molecule has 1 saturated carbocycles. The number of rotatable bonds is 7. The van der Waals surface area contributed by atoms with Crippen molar-refractivity contribution in [3.63, 3.8) is 0 Å². The van der Waals surface area contributed by atoms with Gasteiger partial charge in [0, 0.05) is 36.2 Å². The van der Waals surface area contributed by atoms with Crippen LogP contribution >= 0.6 is 0 Å². The average molecular weight is 376 g/mol. The predicted molar refractivity (Wildman–Crippen MR) is 108 cm³/mol. The highest BCUT2D eigenvalue weighted by Gasteiger charge is 2.35. The number of aliphatic carboxylic acids is 1. The van der Waals surface area contributed by atoms with Crippen LogP contribution in [0, 0.1) is 5.92 Å². The van der Waals surface area contributed by atoms with E-state index in [4.69, 9.17) is 0 Å². The minimum Gasteiger partial charge on any atom is -0.481 e. The Hall–Kier alpha value is -3.08. The average Bonchev–Trinajstić information content (AvgIpc) is 3.48. The first-order chi connectivity index (χ1) is 13.5. The number of amides is 1. The summed E-state index contributed by atoms with van der Waals surface area (Å²) in [5, 5.41) is 10.2. The second-order valence-electron chi connectivity index (χ2n) is 7.60. The van der Waals surface area contributed by atoms with Crippen molar-refractivity contribution in [3.8, 4) is 0 Å². The van der Waals surface area contributed by atoms with Gasteiger partial charge in [0.1, 0.15) is 0 Å². The van der Waals surface area contributed by atoms with E-state index >= 15 is 0 Å². The second kappa shape index (κ2) is 7.50. The molecule has 2 aromatic carbocycles. The van der Waals surface area contributed by atoms with Crippen LogP contribution < -0.4 is 0 Å². The summed E-state index contributed by atoms with van der Waals surface area (Å²) in [6.07, 6.45) is 3.81. The topological polar surface area (TPSA) is 62.5 Å². The van der Waals surface area contributed by atoms with Gasteiger partial charge in [-0.05, 0) is 24.5 Å². The molecule has 1 fully saturated rings. The predicted octanol–water partition coefficient (Wildman–Crippen LogP) is 4.01. The van der Waals surface area contributed by atoms with Crippen LogP contribution in [0.3, 0.4) is 0 Å². The summed E-state index contributed by atoms with van der Waals surface area (Å²) in [5.74, 6) is -1.52. The maximum atomic E-state index is 13.4. The van der Waals surface area contributed by atoms with Gasteiger partial charge in [-0.3, -0.25) is 9.59 Å². The van der Waals surface area contributed by atoms with Crippen LogP contribution in [0.1, 0.15) is 35.7 Å². The molecule has 1 heterocycles. The monoisotopic (exact) mass is 376 g/mol. The van der Waals surface area contributed by atoms with Crippen LogP contribution in [0.2, 0.25) is 0 Å². The molecule has 1 aliphatic rings. The van der Waals surface area contributed by atoms with E-state index in [1.165, 1.54) is 5.56 Å². The highest BCUT2D eigenvalue weighted by Crippen LogP contribution is 2.31. The third-order valence-electron chi connectivity index (χ3n) is 5.36. The van der Waals surface area contributed by atoms with Gasteiger partial charge >= 0.3 is 5.97 Å². The van der Waals surface area contributed by atoms with Gasteiger partial charge in [0.2, 0.25) is 0 Å². The first kappa shape index (κ1) is 18.3. The number of carboxylic acids is 1. The molecule has 28 heavy (non-hydrogen) atoms. The minimum atomic E-state index is -0.870. The van der Waals surface area contributed by atoms with Crippen molar-refractivity contribution < 1.29 is 14.7 Å². The molecule has 1 aliphatic carbocycles. The van der Waals surface area contributed by atoms with Gasteiger partial charge in [-0.1, -0.05) is 55.5 Å². The van der Waals surface area contributed by atoms with Crippen molar-refractivity contribution >= 4 is 22.8 Å². The third-order valence-corrected chi connectivity index (χ3v) is 5.36. The lowest BCUT2D eigenvalue weighted by molar-refractivity contribution is -0.141. The number of nitrogens with zero attached hydrogens (tertiary/aromatic N) is 2. The first-order valence-electron chi connectivity index (χ1n) is 9.70. The summed E-state index contributed by atoms with van der Waals surface area (Å²) in [6.45, 7) is 2.59. The van der Waals surface area contributed by atoms with Crippen LogP contribution in [-0.4, -0.2) is 39.0 Å². The van der Waals surface area contributed by atoms with Gasteiger partial charge in [0.05, 0.1) is 11.5 Å².